The summed E-state index contributed by atoms with van der Waals surface area (Å²) >= 11 is 0. The van der Waals surface area contributed by atoms with Crippen LogP contribution in [0, 0.1) is 0 Å². The van der Waals surface area contributed by atoms with E-state index in [1.807, 2.05) is 0 Å². The van der Waals surface area contributed by atoms with Gasteiger partial charge in [-0.2, -0.15) is 0 Å². The fourth-order valence-corrected chi connectivity index (χ4v) is 2.06. The number of aromatic amines is 1. The lowest BCUT2D eigenvalue weighted by atomic mass is 10.0. The number of fused-ring (bicyclic) bond motifs is 1. The number of rotatable bonds is 5. The molecule has 2 heterocycles. The molecule has 0 radical (unpaired) electrons. The summed E-state index contributed by atoms with van der Waals surface area (Å²) in [6.45, 7) is -2.48. The van der Waals surface area contributed by atoms with Crippen molar-refractivity contribution >= 4 is 17.0 Å². The van der Waals surface area contributed by atoms with E-state index >= 15 is 0 Å². The highest BCUT2D eigenvalue weighted by atomic mass is 16.6. The average molecular weight is 295 g/mol. The first kappa shape index (κ1) is 7.31. The van der Waals surface area contributed by atoms with Crippen molar-refractivity contribution in [2.45, 2.75) is 18.8 Å². The smallest absolute Gasteiger partial charge is 0.407 e. The fourth-order valence-electron chi connectivity index (χ4n) is 2.06. The van der Waals surface area contributed by atoms with Crippen LogP contribution in [-0.4, -0.2) is 49.2 Å². The van der Waals surface area contributed by atoms with Crippen molar-refractivity contribution in [2.24, 2.45) is 0 Å². The van der Waals surface area contributed by atoms with Crippen molar-refractivity contribution < 1.29 is 20.5 Å². The Balaban J connectivity index is 2.25. The van der Waals surface area contributed by atoms with E-state index in [4.69, 9.17) is 15.7 Å². The molecule has 1 saturated heterocycles. The van der Waals surface area contributed by atoms with Gasteiger partial charge in [-0.05, 0) is 50.1 Å². The molecular formula is C16H21N3O2. The van der Waals surface area contributed by atoms with Crippen LogP contribution in [0.25, 0.3) is 10.9 Å². The number of cyclic esters (lactones) is 1. The van der Waals surface area contributed by atoms with Crippen LogP contribution in [-0.2, 0) is 17.5 Å². The highest BCUT2D eigenvalue weighted by molar-refractivity contribution is 5.84. The number of aryl methyl sites for hydroxylation is 1. The monoisotopic (exact) mass is 295 g/mol. The Hall–Kier alpha value is -2.01. The summed E-state index contributed by atoms with van der Waals surface area (Å²) in [7, 11) is 2.73. The Morgan fingerprint density at radius 2 is 2.38 bits per heavy atom. The molecule has 1 fully saturated rings. The highest BCUT2D eigenvalue weighted by Crippen LogP contribution is 2.21. The molecule has 1 aliphatic heterocycles. The summed E-state index contributed by atoms with van der Waals surface area (Å²) < 4.78 is 71.3. The van der Waals surface area contributed by atoms with E-state index in [0.29, 0.717) is 0 Å². The summed E-state index contributed by atoms with van der Waals surface area (Å²) in [5.74, 6) is 0. The van der Waals surface area contributed by atoms with E-state index < -0.39 is 31.2 Å². The second-order valence-electron chi connectivity index (χ2n) is 5.00. The minimum absolute atomic E-state index is 0.0206. The van der Waals surface area contributed by atoms with Crippen molar-refractivity contribution in [1.82, 2.24) is 15.2 Å². The Morgan fingerprint density at radius 1 is 1.52 bits per heavy atom. The zero-order valence-corrected chi connectivity index (χ0v) is 11.8. The Morgan fingerprint density at radius 3 is 3.10 bits per heavy atom. The van der Waals surface area contributed by atoms with Crippen LogP contribution < -0.4 is 5.32 Å². The molecule has 1 atom stereocenters. The number of carbonyl (C=O) groups excluding carboxylic acids is 1. The first-order valence-electron chi connectivity index (χ1n) is 10.5. The summed E-state index contributed by atoms with van der Waals surface area (Å²) in [4.78, 5) is 14.9. The number of benzene rings is 1. The van der Waals surface area contributed by atoms with Crippen molar-refractivity contribution in [2.75, 3.05) is 27.2 Å². The number of carbonyl (C=O) groups is 1. The number of hydrogen-bond donors (Lipinski definition) is 2. The van der Waals surface area contributed by atoms with Gasteiger partial charge in [0.2, 0.25) is 0 Å². The van der Waals surface area contributed by atoms with Gasteiger partial charge in [-0.25, -0.2) is 4.79 Å². The normalized spacial score (nSPS) is 25.1. The summed E-state index contributed by atoms with van der Waals surface area (Å²) in [6, 6.07) is -1.37. The van der Waals surface area contributed by atoms with Gasteiger partial charge in [-0.1, -0.05) is 6.04 Å². The molecule has 5 heteroatoms. The molecule has 2 aromatic rings. The van der Waals surface area contributed by atoms with Crippen LogP contribution in [0.1, 0.15) is 22.1 Å². The number of nitrogens with one attached hydrogen (secondary N) is 2. The molecule has 0 aliphatic carbocycles. The number of H-pyrrole nitrogens is 1. The van der Waals surface area contributed by atoms with Gasteiger partial charge in [0.15, 0.2) is 0 Å². The van der Waals surface area contributed by atoms with Crippen molar-refractivity contribution in [3.05, 3.63) is 35.4 Å². The number of likely N-dealkylation sites (N-methyl/N-ethyl adjacent to an activating group) is 1. The zero-order chi connectivity index (χ0) is 21.9. The third-order valence-electron chi connectivity index (χ3n) is 3.02. The largest absolute Gasteiger partial charge is 0.447 e. The standard InChI is InChI=1S/C16H21N3O2/c1-19(2)6-5-12-9-17-15-4-3-11(8-14(12)15)7-13-10-21-16(20)18-13/h3-4,8-9,13,17H,5-7,10H2,1-2H3,(H,18,20)/t13-/m0/s1/i3D,4D,5D2,6D2,8D,9D. The predicted octanol–water partition coefficient (Wildman–Crippen LogP) is 1.92. The molecular weight excluding hydrogens is 266 g/mol. The Kier molecular flexibility index (Phi) is 2.01. The second-order valence-corrected chi connectivity index (χ2v) is 5.00. The number of ether oxygens (including phenoxy) is 1. The molecule has 21 heavy (non-hydrogen) atoms. The molecule has 0 saturated carbocycles. The molecule has 0 spiro atoms. The van der Waals surface area contributed by atoms with Gasteiger partial charge in [0.25, 0.3) is 0 Å². The summed E-state index contributed by atoms with van der Waals surface area (Å²) in [5, 5.41) is 2.43. The van der Waals surface area contributed by atoms with E-state index in [2.05, 4.69) is 10.3 Å². The second kappa shape index (κ2) is 5.77. The highest BCUT2D eigenvalue weighted by Gasteiger charge is 2.22. The fraction of sp³-hybridized carbons (Fsp3) is 0.438. The summed E-state index contributed by atoms with van der Waals surface area (Å²) in [5.41, 5.74) is -0.341. The molecule has 1 amide bonds. The van der Waals surface area contributed by atoms with Crippen LogP contribution in [0.15, 0.2) is 24.3 Å². The molecule has 0 unspecified atom stereocenters. The van der Waals surface area contributed by atoms with Crippen LogP contribution in [0.4, 0.5) is 4.79 Å². The average Bonchev–Trinajstić information content (AvgIpc) is 3.19. The lowest BCUT2D eigenvalue weighted by molar-refractivity contribution is 0.177. The third-order valence-corrected chi connectivity index (χ3v) is 3.02. The zero-order valence-electron chi connectivity index (χ0n) is 19.8. The van der Waals surface area contributed by atoms with Gasteiger partial charge in [0.1, 0.15) is 6.61 Å². The SMILES string of the molecule is [2H]c1[nH]c2c([2H])c([2H])c(C[C@H]3COC(=O)N3)c([2H])c2c1C([2H])([2H])C([2H])([2H])N(C)C. The number of alkyl carbamates (subject to hydrolysis) is 1. The predicted molar refractivity (Wildman–Crippen MR) is 82.5 cm³/mol. The van der Waals surface area contributed by atoms with E-state index in [9.17, 15) is 4.79 Å². The van der Waals surface area contributed by atoms with E-state index in [1.165, 1.54) is 14.1 Å². The maximum absolute atomic E-state index is 11.3. The van der Waals surface area contributed by atoms with Crippen molar-refractivity contribution in [1.29, 1.82) is 0 Å². The molecule has 0 bridgehead atoms. The van der Waals surface area contributed by atoms with Crippen LogP contribution in [0.3, 0.4) is 0 Å². The van der Waals surface area contributed by atoms with Gasteiger partial charge in [0, 0.05) is 29.1 Å². The van der Waals surface area contributed by atoms with E-state index in [0.717, 1.165) is 4.90 Å². The Labute approximate surface area is 135 Å². The molecule has 3 rings (SSSR count). The number of amides is 1. The van der Waals surface area contributed by atoms with Crippen LogP contribution >= 0.6 is 0 Å². The minimum Gasteiger partial charge on any atom is -0.447 e. The molecule has 1 aliphatic rings. The lowest BCUT2D eigenvalue weighted by Gasteiger charge is -2.09. The quantitative estimate of drug-likeness (QED) is 0.886. The van der Waals surface area contributed by atoms with Crippen molar-refractivity contribution in [3.63, 3.8) is 0 Å². The summed E-state index contributed by atoms with van der Waals surface area (Å²) in [6.07, 6.45) is -3.75. The lowest BCUT2D eigenvalue weighted by Crippen LogP contribution is -2.28. The molecule has 2 N–H and O–H groups in total. The minimum atomic E-state index is -2.69. The van der Waals surface area contributed by atoms with Gasteiger partial charge in [0.05, 0.1) is 11.5 Å². The molecule has 1 aromatic carbocycles. The van der Waals surface area contributed by atoms with Gasteiger partial charge >= 0.3 is 6.09 Å². The van der Waals surface area contributed by atoms with E-state index in [1.54, 1.807) is 0 Å². The number of aromatic nitrogens is 1. The van der Waals surface area contributed by atoms with Gasteiger partial charge < -0.3 is 19.9 Å². The van der Waals surface area contributed by atoms with E-state index in [-0.39, 0.29) is 53.2 Å². The molecule has 5 nitrogen and oxygen atoms in total. The Bertz CT molecular complexity index is 989. The first-order chi connectivity index (χ1) is 13.3. The van der Waals surface area contributed by atoms with Crippen LogP contribution in [0.2, 0.25) is 0 Å². The number of nitrogens with zero attached hydrogens (tertiary/aromatic N) is 1. The number of hydrogen-bond acceptors (Lipinski definition) is 3. The third kappa shape index (κ3) is 3.19. The topological polar surface area (TPSA) is 57.4 Å². The van der Waals surface area contributed by atoms with Gasteiger partial charge in [-0.3, -0.25) is 0 Å². The van der Waals surface area contributed by atoms with Crippen molar-refractivity contribution in [3.8, 4) is 0 Å². The van der Waals surface area contributed by atoms with Crippen LogP contribution in [0.5, 0.6) is 0 Å². The molecule has 1 aromatic heterocycles. The maximum Gasteiger partial charge on any atom is 0.407 e. The molecule has 112 valence electrons. The van der Waals surface area contributed by atoms with Gasteiger partial charge in [-0.15, -0.1) is 0 Å². The first-order valence-corrected chi connectivity index (χ1v) is 6.52. The maximum atomic E-state index is 11.3.